The van der Waals surface area contributed by atoms with E-state index in [1.165, 1.54) is 10.6 Å². The average molecular weight is 235 g/mol. The monoisotopic (exact) mass is 235 g/mol. The van der Waals surface area contributed by atoms with Crippen LogP contribution < -0.4 is 4.90 Å². The van der Waals surface area contributed by atoms with E-state index in [-0.39, 0.29) is 5.95 Å². The van der Waals surface area contributed by atoms with E-state index in [0.29, 0.717) is 18.9 Å². The molecule has 0 radical (unpaired) electrons. The third-order valence-corrected chi connectivity index (χ3v) is 3.03. The van der Waals surface area contributed by atoms with Gasteiger partial charge < -0.3 is 9.64 Å². The van der Waals surface area contributed by atoms with Crippen LogP contribution in [-0.2, 0) is 4.74 Å². The highest BCUT2D eigenvalue weighted by Gasteiger charge is 2.16. The van der Waals surface area contributed by atoms with Crippen LogP contribution in [0.2, 0.25) is 0 Å². The molecular weight excluding hydrogens is 221 g/mol. The zero-order chi connectivity index (χ0) is 11.8. The number of anilines is 1. The number of hydrogen-bond donors (Lipinski definition) is 0. The van der Waals surface area contributed by atoms with Crippen molar-refractivity contribution < 1.29 is 9.13 Å². The Labute approximate surface area is 98.6 Å². The van der Waals surface area contributed by atoms with Gasteiger partial charge in [0.2, 0.25) is 5.95 Å². The van der Waals surface area contributed by atoms with Gasteiger partial charge in [0.15, 0.2) is 5.65 Å². The summed E-state index contributed by atoms with van der Waals surface area (Å²) in [5, 5.41) is 0. The molecule has 90 valence electrons. The first-order valence-electron chi connectivity index (χ1n) is 5.71. The minimum absolute atomic E-state index is 0.321. The van der Waals surface area contributed by atoms with E-state index in [2.05, 4.69) is 9.88 Å². The molecule has 1 aliphatic rings. The van der Waals surface area contributed by atoms with Crippen LogP contribution in [-0.4, -0.2) is 35.7 Å². The second kappa shape index (κ2) is 4.00. The van der Waals surface area contributed by atoms with Crippen molar-refractivity contribution in [2.24, 2.45) is 0 Å². The van der Waals surface area contributed by atoms with Crippen LogP contribution in [0.25, 0.3) is 5.65 Å². The van der Waals surface area contributed by atoms with Gasteiger partial charge in [-0.05, 0) is 18.6 Å². The summed E-state index contributed by atoms with van der Waals surface area (Å²) in [4.78, 5) is 6.33. The molecule has 1 saturated heterocycles. The number of hydrogen-bond acceptors (Lipinski definition) is 3. The Morgan fingerprint density at radius 1 is 1.35 bits per heavy atom. The first-order chi connectivity index (χ1) is 8.25. The lowest BCUT2D eigenvalue weighted by molar-refractivity contribution is 0.123. The molecule has 3 heterocycles. The van der Waals surface area contributed by atoms with Crippen molar-refractivity contribution in [2.45, 2.75) is 6.92 Å². The fraction of sp³-hybridized carbons (Fsp3) is 0.417. The molecule has 0 N–H and O–H groups in total. The summed E-state index contributed by atoms with van der Waals surface area (Å²) in [6.07, 6.45) is 3.03. The van der Waals surface area contributed by atoms with Crippen LogP contribution in [0.3, 0.4) is 0 Å². The summed E-state index contributed by atoms with van der Waals surface area (Å²) in [6, 6.07) is 2.05. The number of rotatable bonds is 1. The molecule has 3 rings (SSSR count). The van der Waals surface area contributed by atoms with Gasteiger partial charge in [-0.2, -0.15) is 4.39 Å². The second-order valence-corrected chi connectivity index (χ2v) is 4.28. The van der Waals surface area contributed by atoms with Gasteiger partial charge in [-0.15, -0.1) is 0 Å². The van der Waals surface area contributed by atoms with Crippen molar-refractivity contribution >= 4 is 11.3 Å². The number of imidazole rings is 1. The molecule has 2 aromatic heterocycles. The summed E-state index contributed by atoms with van der Waals surface area (Å²) in [7, 11) is 0. The maximum Gasteiger partial charge on any atom is 0.217 e. The smallest absolute Gasteiger partial charge is 0.217 e. The van der Waals surface area contributed by atoms with Crippen LogP contribution in [0.1, 0.15) is 5.56 Å². The molecule has 0 atom stereocenters. The van der Waals surface area contributed by atoms with Crippen molar-refractivity contribution in [3.8, 4) is 0 Å². The fourth-order valence-corrected chi connectivity index (χ4v) is 2.21. The van der Waals surface area contributed by atoms with Crippen molar-refractivity contribution in [3.05, 3.63) is 30.0 Å². The third kappa shape index (κ3) is 1.76. The average Bonchev–Trinajstić information content (AvgIpc) is 2.72. The number of ether oxygens (including phenoxy) is 1. The highest BCUT2D eigenvalue weighted by atomic mass is 19.1. The van der Waals surface area contributed by atoms with Crippen LogP contribution in [0, 0.1) is 12.9 Å². The number of nitrogens with zero attached hydrogens (tertiary/aromatic N) is 3. The fourth-order valence-electron chi connectivity index (χ4n) is 2.21. The predicted octanol–water partition coefficient (Wildman–Crippen LogP) is 1.62. The Kier molecular flexibility index (Phi) is 2.48. The molecule has 5 heteroatoms. The van der Waals surface area contributed by atoms with Crippen LogP contribution >= 0.6 is 0 Å². The standard InChI is InChI=1S/C12H14FN3O/c1-9-6-10(15-2-4-17-5-3-15)12-14-7-11(13)16(12)8-9/h6-8H,2-5H2,1H3. The quantitative estimate of drug-likeness (QED) is 0.752. The molecule has 2 aromatic rings. The van der Waals surface area contributed by atoms with E-state index in [9.17, 15) is 4.39 Å². The van der Waals surface area contributed by atoms with Crippen LogP contribution in [0.15, 0.2) is 18.5 Å². The van der Waals surface area contributed by atoms with Crippen molar-refractivity contribution in [3.63, 3.8) is 0 Å². The van der Waals surface area contributed by atoms with Gasteiger partial charge in [-0.1, -0.05) is 0 Å². The van der Waals surface area contributed by atoms with Gasteiger partial charge in [0.25, 0.3) is 0 Å². The number of morpholine rings is 1. The Morgan fingerprint density at radius 2 is 2.12 bits per heavy atom. The van der Waals surface area contributed by atoms with E-state index in [0.717, 1.165) is 24.3 Å². The van der Waals surface area contributed by atoms with Crippen molar-refractivity contribution in [1.29, 1.82) is 0 Å². The number of fused-ring (bicyclic) bond motifs is 1. The minimum Gasteiger partial charge on any atom is -0.378 e. The van der Waals surface area contributed by atoms with E-state index < -0.39 is 0 Å². The molecule has 17 heavy (non-hydrogen) atoms. The van der Waals surface area contributed by atoms with E-state index in [1.807, 2.05) is 13.0 Å². The molecule has 0 amide bonds. The van der Waals surface area contributed by atoms with Gasteiger partial charge in [0, 0.05) is 19.3 Å². The number of aryl methyl sites for hydroxylation is 1. The Balaban J connectivity index is 2.13. The van der Waals surface area contributed by atoms with Gasteiger partial charge >= 0.3 is 0 Å². The van der Waals surface area contributed by atoms with Gasteiger partial charge in [0.05, 0.1) is 25.1 Å². The zero-order valence-corrected chi connectivity index (χ0v) is 9.69. The van der Waals surface area contributed by atoms with Gasteiger partial charge in [-0.25, -0.2) is 4.98 Å². The molecular formula is C12H14FN3O. The number of aromatic nitrogens is 2. The minimum atomic E-state index is -0.321. The molecule has 0 spiro atoms. The lowest BCUT2D eigenvalue weighted by Gasteiger charge is -2.29. The molecule has 0 saturated carbocycles. The Morgan fingerprint density at radius 3 is 2.88 bits per heavy atom. The van der Waals surface area contributed by atoms with Crippen molar-refractivity contribution in [2.75, 3.05) is 31.2 Å². The summed E-state index contributed by atoms with van der Waals surface area (Å²) in [6.45, 7) is 5.04. The zero-order valence-electron chi connectivity index (χ0n) is 9.69. The largest absolute Gasteiger partial charge is 0.378 e. The van der Waals surface area contributed by atoms with Gasteiger partial charge in [-0.3, -0.25) is 4.40 Å². The lowest BCUT2D eigenvalue weighted by Crippen LogP contribution is -2.36. The number of pyridine rings is 1. The second-order valence-electron chi connectivity index (χ2n) is 4.28. The first-order valence-corrected chi connectivity index (χ1v) is 5.71. The van der Waals surface area contributed by atoms with E-state index >= 15 is 0 Å². The summed E-state index contributed by atoms with van der Waals surface area (Å²) in [5.74, 6) is -0.321. The molecule has 4 nitrogen and oxygen atoms in total. The summed E-state index contributed by atoms with van der Waals surface area (Å²) >= 11 is 0. The highest BCUT2D eigenvalue weighted by Crippen LogP contribution is 2.23. The lowest BCUT2D eigenvalue weighted by atomic mass is 10.2. The SMILES string of the molecule is Cc1cc(N2CCOCC2)c2ncc(F)n2c1. The Bertz CT molecular complexity index is 546. The molecule has 0 aliphatic carbocycles. The topological polar surface area (TPSA) is 29.8 Å². The predicted molar refractivity (Wildman–Crippen MR) is 62.9 cm³/mol. The van der Waals surface area contributed by atoms with Crippen LogP contribution in [0.5, 0.6) is 0 Å². The maximum atomic E-state index is 13.5. The van der Waals surface area contributed by atoms with E-state index in [4.69, 9.17) is 4.74 Å². The Hall–Kier alpha value is -1.62. The number of halogens is 1. The third-order valence-electron chi connectivity index (χ3n) is 3.03. The maximum absolute atomic E-state index is 13.5. The summed E-state index contributed by atoms with van der Waals surface area (Å²) < 4.78 is 20.4. The van der Waals surface area contributed by atoms with E-state index in [1.54, 1.807) is 6.20 Å². The normalized spacial score (nSPS) is 16.7. The van der Waals surface area contributed by atoms with Crippen LogP contribution in [0.4, 0.5) is 10.1 Å². The molecule has 0 unspecified atom stereocenters. The molecule has 0 bridgehead atoms. The van der Waals surface area contributed by atoms with Gasteiger partial charge in [0.1, 0.15) is 0 Å². The highest BCUT2D eigenvalue weighted by molar-refractivity contribution is 5.70. The molecule has 0 aromatic carbocycles. The first kappa shape index (κ1) is 10.5. The molecule has 1 fully saturated rings. The molecule has 1 aliphatic heterocycles. The van der Waals surface area contributed by atoms with Crippen molar-refractivity contribution in [1.82, 2.24) is 9.38 Å². The summed E-state index contributed by atoms with van der Waals surface area (Å²) in [5.41, 5.74) is 2.68.